The normalized spacial score (nSPS) is 24.0. The lowest BCUT2D eigenvalue weighted by Gasteiger charge is -2.23. The van der Waals surface area contributed by atoms with E-state index in [1.54, 1.807) is 9.80 Å². The summed E-state index contributed by atoms with van der Waals surface area (Å²) in [7, 11) is -3.34. The van der Waals surface area contributed by atoms with Crippen molar-refractivity contribution in [2.75, 3.05) is 30.3 Å². The van der Waals surface area contributed by atoms with Crippen LogP contribution in [0.25, 0.3) is 0 Å². The van der Waals surface area contributed by atoms with Gasteiger partial charge in [-0.2, -0.15) is 0 Å². The summed E-state index contributed by atoms with van der Waals surface area (Å²) in [6, 6.07) is 16.9. The number of hydrogen-bond donors (Lipinski definition) is 0. The zero-order chi connectivity index (χ0) is 21.3. The summed E-state index contributed by atoms with van der Waals surface area (Å²) in [4.78, 5) is 29.0. The Morgan fingerprint density at radius 2 is 1.70 bits per heavy atom. The lowest BCUT2D eigenvalue weighted by Crippen LogP contribution is -2.39. The van der Waals surface area contributed by atoms with Crippen LogP contribution in [0, 0.1) is 12.8 Å². The quantitative estimate of drug-likeness (QED) is 0.756. The summed E-state index contributed by atoms with van der Waals surface area (Å²) in [5.41, 5.74) is 2.67. The number of sulfone groups is 1. The molecular weight excluding hydrogens is 400 g/mol. The zero-order valence-electron chi connectivity index (χ0n) is 17.0. The number of aryl methyl sites for hydroxylation is 1. The molecule has 0 aliphatic carbocycles. The molecule has 2 aromatic rings. The highest BCUT2D eigenvalue weighted by Crippen LogP contribution is 2.31. The molecule has 2 fully saturated rings. The molecule has 0 saturated carbocycles. The zero-order valence-corrected chi connectivity index (χ0v) is 17.8. The third kappa shape index (κ3) is 4.12. The molecule has 30 heavy (non-hydrogen) atoms. The van der Waals surface area contributed by atoms with E-state index in [9.17, 15) is 18.0 Å². The maximum atomic E-state index is 13.1. The van der Waals surface area contributed by atoms with Crippen molar-refractivity contribution in [3.8, 4) is 0 Å². The number of anilines is 1. The second-order valence-electron chi connectivity index (χ2n) is 8.12. The molecule has 2 amide bonds. The maximum Gasteiger partial charge on any atom is 0.228 e. The number of hydrogen-bond acceptors (Lipinski definition) is 4. The van der Waals surface area contributed by atoms with Gasteiger partial charge in [0.25, 0.3) is 0 Å². The van der Waals surface area contributed by atoms with E-state index in [4.69, 9.17) is 0 Å². The predicted molar refractivity (Wildman–Crippen MR) is 116 cm³/mol. The maximum absolute atomic E-state index is 13.1. The highest BCUT2D eigenvalue weighted by atomic mass is 32.2. The van der Waals surface area contributed by atoms with E-state index >= 15 is 0 Å². The fraction of sp³-hybridized carbons (Fsp3) is 0.391. The van der Waals surface area contributed by atoms with E-state index in [0.29, 0.717) is 19.5 Å². The van der Waals surface area contributed by atoms with Gasteiger partial charge in [0.1, 0.15) is 0 Å². The van der Waals surface area contributed by atoms with Crippen LogP contribution < -0.4 is 4.90 Å². The van der Waals surface area contributed by atoms with E-state index in [0.717, 1.165) is 16.8 Å². The molecule has 2 saturated heterocycles. The molecule has 0 spiro atoms. The van der Waals surface area contributed by atoms with Crippen LogP contribution in [0.5, 0.6) is 0 Å². The Morgan fingerprint density at radius 1 is 1.00 bits per heavy atom. The van der Waals surface area contributed by atoms with Gasteiger partial charge in [-0.15, -0.1) is 0 Å². The monoisotopic (exact) mass is 426 g/mol. The number of carbonyl (C=O) groups is 2. The Morgan fingerprint density at radius 3 is 2.40 bits per heavy atom. The van der Waals surface area contributed by atoms with E-state index in [2.05, 4.69) is 0 Å². The fourth-order valence-corrected chi connectivity index (χ4v) is 6.11. The minimum absolute atomic E-state index is 0.0549. The number of nitrogens with zero attached hydrogens (tertiary/aromatic N) is 2. The summed E-state index contributed by atoms with van der Waals surface area (Å²) in [6.07, 6.45) is 0.540. The lowest BCUT2D eigenvalue weighted by molar-refractivity contribution is -0.135. The van der Waals surface area contributed by atoms with Crippen LogP contribution in [-0.4, -0.2) is 50.5 Å². The van der Waals surface area contributed by atoms with Crippen molar-refractivity contribution in [3.05, 3.63) is 65.7 Å². The minimum atomic E-state index is -3.34. The molecule has 0 aromatic heterocycles. The van der Waals surface area contributed by atoms with Gasteiger partial charge in [-0.3, -0.25) is 9.59 Å². The second-order valence-corrected chi connectivity index (χ2v) is 10.4. The predicted octanol–water partition coefficient (Wildman–Crippen LogP) is 2.74. The van der Waals surface area contributed by atoms with Gasteiger partial charge in [0, 0.05) is 31.7 Å². The summed E-state index contributed by atoms with van der Waals surface area (Å²) in [5.74, 6) is -0.681. The first-order valence-corrected chi connectivity index (χ1v) is 12.0. The van der Waals surface area contributed by atoms with E-state index in [1.165, 1.54) is 0 Å². The van der Waals surface area contributed by atoms with Crippen molar-refractivity contribution in [2.45, 2.75) is 25.0 Å². The van der Waals surface area contributed by atoms with Gasteiger partial charge in [-0.1, -0.05) is 48.0 Å². The van der Waals surface area contributed by atoms with Crippen LogP contribution in [0.4, 0.5) is 5.69 Å². The van der Waals surface area contributed by atoms with E-state index < -0.39 is 21.0 Å². The van der Waals surface area contributed by atoms with Gasteiger partial charge in [0.15, 0.2) is 9.84 Å². The van der Waals surface area contributed by atoms with Crippen molar-refractivity contribution < 1.29 is 18.0 Å². The molecular formula is C23H26N2O4S. The van der Waals surface area contributed by atoms with Crippen LogP contribution in [0.15, 0.2) is 54.6 Å². The fourth-order valence-electron chi connectivity index (χ4n) is 4.31. The molecule has 2 aliphatic rings. The molecule has 2 heterocycles. The minimum Gasteiger partial charge on any atom is -0.341 e. The number of rotatable bonds is 3. The molecule has 2 aliphatic heterocycles. The Hall–Kier alpha value is -2.67. The molecule has 0 bridgehead atoms. The SMILES string of the molecule is Cc1ccc(N2CC(C(=O)N3CCC(c4ccccc4)S(=O)(=O)CC3)CC2=O)cc1. The van der Waals surface area contributed by atoms with Crippen molar-refractivity contribution >= 4 is 27.3 Å². The van der Waals surface area contributed by atoms with Gasteiger partial charge < -0.3 is 9.80 Å². The first-order chi connectivity index (χ1) is 14.3. The molecule has 2 unspecified atom stereocenters. The first kappa shape index (κ1) is 20.6. The summed E-state index contributed by atoms with van der Waals surface area (Å²) in [6.45, 7) is 2.89. The molecule has 158 valence electrons. The van der Waals surface area contributed by atoms with Crippen molar-refractivity contribution in [2.24, 2.45) is 5.92 Å². The van der Waals surface area contributed by atoms with Crippen LogP contribution in [0.3, 0.4) is 0 Å². The average Bonchev–Trinajstić information content (AvgIpc) is 3.04. The molecule has 0 N–H and O–H groups in total. The molecule has 4 rings (SSSR count). The average molecular weight is 427 g/mol. The van der Waals surface area contributed by atoms with Gasteiger partial charge in [0.2, 0.25) is 11.8 Å². The first-order valence-electron chi connectivity index (χ1n) is 10.3. The molecule has 0 radical (unpaired) electrons. The number of amides is 2. The highest BCUT2D eigenvalue weighted by molar-refractivity contribution is 7.91. The Bertz CT molecular complexity index is 1030. The van der Waals surface area contributed by atoms with Crippen LogP contribution in [0.2, 0.25) is 0 Å². The van der Waals surface area contributed by atoms with Crippen molar-refractivity contribution in [1.29, 1.82) is 0 Å². The number of carbonyl (C=O) groups excluding carboxylic acids is 2. The molecule has 2 atom stereocenters. The summed E-state index contributed by atoms with van der Waals surface area (Å²) >= 11 is 0. The topological polar surface area (TPSA) is 74.8 Å². The number of benzene rings is 2. The molecule has 7 heteroatoms. The Balaban J connectivity index is 1.46. The van der Waals surface area contributed by atoms with E-state index in [-0.39, 0.29) is 30.5 Å². The smallest absolute Gasteiger partial charge is 0.228 e. The van der Waals surface area contributed by atoms with Gasteiger partial charge in [-0.05, 0) is 31.0 Å². The summed E-state index contributed by atoms with van der Waals surface area (Å²) < 4.78 is 25.6. The lowest BCUT2D eigenvalue weighted by atomic mass is 10.1. The molecule has 2 aromatic carbocycles. The second kappa shape index (κ2) is 8.22. The van der Waals surface area contributed by atoms with Crippen LogP contribution in [0.1, 0.15) is 29.2 Å². The Kier molecular flexibility index (Phi) is 5.64. The van der Waals surface area contributed by atoms with Crippen LogP contribution >= 0.6 is 0 Å². The molecule has 6 nitrogen and oxygen atoms in total. The van der Waals surface area contributed by atoms with Gasteiger partial charge >= 0.3 is 0 Å². The third-order valence-electron chi connectivity index (χ3n) is 6.04. The largest absolute Gasteiger partial charge is 0.341 e. The standard InChI is InChI=1S/C23H26N2O4S/c1-17-7-9-20(10-8-17)25-16-19(15-22(25)26)23(27)24-12-11-21(30(28,29)14-13-24)18-5-3-2-4-6-18/h2-10,19,21H,11-16H2,1H3. The van der Waals surface area contributed by atoms with Crippen molar-refractivity contribution in [3.63, 3.8) is 0 Å². The van der Waals surface area contributed by atoms with Gasteiger partial charge in [-0.25, -0.2) is 8.42 Å². The van der Waals surface area contributed by atoms with E-state index in [1.807, 2.05) is 61.5 Å². The van der Waals surface area contributed by atoms with Gasteiger partial charge in [0.05, 0.1) is 16.9 Å². The van der Waals surface area contributed by atoms with Crippen molar-refractivity contribution in [1.82, 2.24) is 4.90 Å². The Labute approximate surface area is 177 Å². The van der Waals surface area contributed by atoms with Crippen LogP contribution in [-0.2, 0) is 19.4 Å². The highest BCUT2D eigenvalue weighted by Gasteiger charge is 2.39. The summed E-state index contributed by atoms with van der Waals surface area (Å²) in [5, 5.41) is -0.592. The third-order valence-corrected chi connectivity index (χ3v) is 8.17.